The van der Waals surface area contributed by atoms with Crippen molar-refractivity contribution in [3.63, 3.8) is 0 Å². The Bertz CT molecular complexity index is 688. The van der Waals surface area contributed by atoms with Crippen LogP contribution in [0, 0.1) is 0 Å². The summed E-state index contributed by atoms with van der Waals surface area (Å²) in [7, 11) is 2.97. The van der Waals surface area contributed by atoms with Crippen LogP contribution in [0.4, 0.5) is 18.9 Å². The Morgan fingerprint density at radius 1 is 1.04 bits per heavy atom. The van der Waals surface area contributed by atoms with E-state index in [4.69, 9.17) is 0 Å². The molecule has 0 radical (unpaired) electrons. The van der Waals surface area contributed by atoms with Crippen molar-refractivity contribution >= 4 is 23.8 Å². The fourth-order valence-electron chi connectivity index (χ4n) is 2.55. The number of benzene rings is 1. The summed E-state index contributed by atoms with van der Waals surface area (Å²) in [4.78, 5) is 39.8. The molecule has 6 nitrogen and oxygen atoms in total. The summed E-state index contributed by atoms with van der Waals surface area (Å²) < 4.78 is 38.3. The van der Waals surface area contributed by atoms with Gasteiger partial charge in [-0.1, -0.05) is 0 Å². The number of amides is 2. The van der Waals surface area contributed by atoms with E-state index in [1.54, 1.807) is 4.90 Å². The third-order valence-corrected chi connectivity index (χ3v) is 4.18. The summed E-state index contributed by atoms with van der Waals surface area (Å²) in [5.41, 5.74) is -0.896. The number of hydrogen-bond acceptors (Lipinski definition) is 4. The van der Waals surface area contributed by atoms with Crippen molar-refractivity contribution < 1.29 is 27.6 Å². The molecule has 0 saturated heterocycles. The number of aldehydes is 1. The molecule has 0 heterocycles. The van der Waals surface area contributed by atoms with E-state index in [1.165, 1.54) is 23.9 Å². The van der Waals surface area contributed by atoms with Crippen molar-refractivity contribution in [3.8, 4) is 0 Å². The quantitative estimate of drug-likeness (QED) is 0.642. The van der Waals surface area contributed by atoms with Crippen LogP contribution in [0.1, 0.15) is 29.8 Å². The molecule has 0 aliphatic heterocycles. The molecular formula is C18H24F3N3O3. The van der Waals surface area contributed by atoms with Gasteiger partial charge in [0.05, 0.1) is 18.7 Å². The van der Waals surface area contributed by atoms with Gasteiger partial charge in [-0.15, -0.1) is 0 Å². The third kappa shape index (κ3) is 5.97. The molecule has 2 amide bonds. The lowest BCUT2D eigenvalue weighted by Crippen LogP contribution is -2.44. The fraction of sp³-hybridized carbons (Fsp3) is 0.500. The highest BCUT2D eigenvalue weighted by molar-refractivity contribution is 5.89. The Kier molecular flexibility index (Phi) is 7.81. The molecule has 9 heteroatoms. The lowest BCUT2D eigenvalue weighted by Gasteiger charge is -2.26. The van der Waals surface area contributed by atoms with E-state index in [1.807, 2.05) is 13.8 Å². The number of carbonyl (C=O) groups excluding carboxylic acids is 3. The molecule has 0 bridgehead atoms. The van der Waals surface area contributed by atoms with Gasteiger partial charge in [-0.05, 0) is 32.0 Å². The predicted molar refractivity (Wildman–Crippen MR) is 95.7 cm³/mol. The highest BCUT2D eigenvalue weighted by atomic mass is 19.4. The van der Waals surface area contributed by atoms with Gasteiger partial charge in [0.25, 0.3) is 0 Å². The first-order valence-electron chi connectivity index (χ1n) is 8.44. The standard InChI is InChI=1S/C18H24F3N3O3/c1-5-24(6-2)17(27)11-23(4)16(26)10-22(3)15-8-7-14(18(19,20)21)9-13(15)12-25/h7-9,12H,5-6,10-11H2,1-4H3. The maximum absolute atomic E-state index is 12.8. The molecule has 0 unspecified atom stereocenters. The van der Waals surface area contributed by atoms with Gasteiger partial charge < -0.3 is 14.7 Å². The van der Waals surface area contributed by atoms with E-state index >= 15 is 0 Å². The molecule has 0 aliphatic carbocycles. The van der Waals surface area contributed by atoms with Gasteiger partial charge in [-0.2, -0.15) is 13.2 Å². The van der Waals surface area contributed by atoms with Crippen LogP contribution in [0.15, 0.2) is 18.2 Å². The van der Waals surface area contributed by atoms with E-state index in [9.17, 15) is 27.6 Å². The van der Waals surface area contributed by atoms with Crippen molar-refractivity contribution in [2.75, 3.05) is 45.2 Å². The van der Waals surface area contributed by atoms with E-state index in [2.05, 4.69) is 0 Å². The number of anilines is 1. The van der Waals surface area contributed by atoms with Gasteiger partial charge >= 0.3 is 6.18 Å². The Hall–Kier alpha value is -2.58. The first kappa shape index (κ1) is 22.5. The average molecular weight is 387 g/mol. The number of carbonyl (C=O) groups is 3. The second-order valence-corrected chi connectivity index (χ2v) is 6.06. The zero-order chi connectivity index (χ0) is 20.8. The third-order valence-electron chi connectivity index (χ3n) is 4.18. The zero-order valence-electron chi connectivity index (χ0n) is 15.8. The summed E-state index contributed by atoms with van der Waals surface area (Å²) in [5, 5.41) is 0. The second kappa shape index (κ2) is 9.38. The second-order valence-electron chi connectivity index (χ2n) is 6.06. The Morgan fingerprint density at radius 2 is 1.63 bits per heavy atom. The lowest BCUT2D eigenvalue weighted by atomic mass is 10.1. The number of alkyl halides is 3. The van der Waals surface area contributed by atoms with Crippen molar-refractivity contribution in [3.05, 3.63) is 29.3 Å². The van der Waals surface area contributed by atoms with E-state index in [0.29, 0.717) is 19.4 Å². The normalized spacial score (nSPS) is 11.1. The van der Waals surface area contributed by atoms with Crippen LogP contribution in [0.25, 0.3) is 0 Å². The Labute approximate surface area is 156 Å². The van der Waals surface area contributed by atoms with Gasteiger partial charge in [-0.3, -0.25) is 14.4 Å². The Morgan fingerprint density at radius 3 is 2.11 bits per heavy atom. The molecule has 150 valence electrons. The van der Waals surface area contributed by atoms with Crippen molar-refractivity contribution in [1.82, 2.24) is 9.80 Å². The highest BCUT2D eigenvalue weighted by Gasteiger charge is 2.31. The number of hydrogen-bond donors (Lipinski definition) is 0. The number of halogens is 3. The molecule has 1 aromatic rings. The van der Waals surface area contributed by atoms with Crippen molar-refractivity contribution in [2.45, 2.75) is 20.0 Å². The maximum atomic E-state index is 12.8. The molecule has 1 aromatic carbocycles. The molecule has 0 N–H and O–H groups in total. The molecule has 0 saturated carbocycles. The summed E-state index contributed by atoms with van der Waals surface area (Å²) in [6.07, 6.45) is -4.24. The van der Waals surface area contributed by atoms with Crippen molar-refractivity contribution in [2.24, 2.45) is 0 Å². The number of likely N-dealkylation sites (N-methyl/N-ethyl adjacent to an activating group) is 3. The van der Waals surface area contributed by atoms with Crippen LogP contribution in [-0.4, -0.2) is 68.2 Å². The first-order valence-corrected chi connectivity index (χ1v) is 8.44. The summed E-state index contributed by atoms with van der Waals surface area (Å²) in [6.45, 7) is 4.46. The average Bonchev–Trinajstić information content (AvgIpc) is 2.61. The SMILES string of the molecule is CCN(CC)C(=O)CN(C)C(=O)CN(C)c1ccc(C(F)(F)F)cc1C=O. The van der Waals surface area contributed by atoms with E-state index < -0.39 is 17.6 Å². The van der Waals surface area contributed by atoms with Gasteiger partial charge in [-0.25, -0.2) is 0 Å². The van der Waals surface area contributed by atoms with Crippen molar-refractivity contribution in [1.29, 1.82) is 0 Å². The van der Waals surface area contributed by atoms with E-state index in [0.717, 1.165) is 18.2 Å². The topological polar surface area (TPSA) is 60.9 Å². The summed E-state index contributed by atoms with van der Waals surface area (Å²) >= 11 is 0. The minimum atomic E-state index is -4.56. The molecule has 0 aromatic heterocycles. The molecule has 1 rings (SSSR count). The van der Waals surface area contributed by atoms with Gasteiger partial charge in [0, 0.05) is 38.4 Å². The minimum absolute atomic E-state index is 0.0953. The van der Waals surface area contributed by atoms with E-state index in [-0.39, 0.29) is 30.2 Å². The zero-order valence-corrected chi connectivity index (χ0v) is 15.8. The minimum Gasteiger partial charge on any atom is -0.365 e. The van der Waals surface area contributed by atoms with Crippen LogP contribution < -0.4 is 4.90 Å². The van der Waals surface area contributed by atoms with Crippen LogP contribution >= 0.6 is 0 Å². The van der Waals surface area contributed by atoms with Gasteiger partial charge in [0.1, 0.15) is 0 Å². The summed E-state index contributed by atoms with van der Waals surface area (Å²) in [5.74, 6) is -0.587. The number of nitrogens with zero attached hydrogens (tertiary/aromatic N) is 3. The molecule has 0 atom stereocenters. The Balaban J connectivity index is 2.86. The molecular weight excluding hydrogens is 363 g/mol. The monoisotopic (exact) mass is 387 g/mol. The van der Waals surface area contributed by atoms with Gasteiger partial charge in [0.2, 0.25) is 11.8 Å². The fourth-order valence-corrected chi connectivity index (χ4v) is 2.55. The van der Waals surface area contributed by atoms with Crippen LogP contribution in [0.3, 0.4) is 0 Å². The van der Waals surface area contributed by atoms with Crippen LogP contribution in [0.2, 0.25) is 0 Å². The molecule has 0 fully saturated rings. The predicted octanol–water partition coefficient (Wildman–Crippen LogP) is 2.28. The molecule has 0 spiro atoms. The van der Waals surface area contributed by atoms with Gasteiger partial charge in [0.15, 0.2) is 6.29 Å². The highest BCUT2D eigenvalue weighted by Crippen LogP contribution is 2.32. The first-order chi connectivity index (χ1) is 12.5. The lowest BCUT2D eigenvalue weighted by molar-refractivity contribution is -0.138. The smallest absolute Gasteiger partial charge is 0.365 e. The summed E-state index contributed by atoms with van der Waals surface area (Å²) in [6, 6.07) is 2.76. The molecule has 27 heavy (non-hydrogen) atoms. The number of rotatable bonds is 8. The maximum Gasteiger partial charge on any atom is 0.416 e. The largest absolute Gasteiger partial charge is 0.416 e. The van der Waals surface area contributed by atoms with Crippen LogP contribution in [0.5, 0.6) is 0 Å². The molecule has 0 aliphatic rings. The van der Waals surface area contributed by atoms with Crippen LogP contribution in [-0.2, 0) is 15.8 Å².